The van der Waals surface area contributed by atoms with E-state index in [2.05, 4.69) is 36.5 Å². The lowest BCUT2D eigenvalue weighted by molar-refractivity contribution is -0.0954. The number of piperidine rings is 1. The van der Waals surface area contributed by atoms with Crippen LogP contribution in [0.25, 0.3) is 11.0 Å². The predicted molar refractivity (Wildman–Crippen MR) is 113 cm³/mol. The Morgan fingerprint density at radius 2 is 2.00 bits per heavy atom. The largest absolute Gasteiger partial charge is 0.369 e. The van der Waals surface area contributed by atoms with E-state index in [9.17, 15) is 4.79 Å². The molecule has 3 atom stereocenters. The summed E-state index contributed by atoms with van der Waals surface area (Å²) in [5.74, 6) is 0. The molecular formula is C21H24ClN3O2S. The molecule has 0 unspecified atom stereocenters. The minimum Gasteiger partial charge on any atom is -0.369 e. The maximum absolute atomic E-state index is 12.3. The van der Waals surface area contributed by atoms with Gasteiger partial charge in [0.25, 0.3) is 0 Å². The van der Waals surface area contributed by atoms with Crippen molar-refractivity contribution in [2.24, 2.45) is 14.1 Å². The fraction of sp³-hybridized carbons (Fsp3) is 0.476. The molecule has 0 radical (unpaired) electrons. The number of hydrogen-bond donors (Lipinski definition) is 1. The van der Waals surface area contributed by atoms with E-state index in [1.54, 1.807) is 20.5 Å². The van der Waals surface area contributed by atoms with Gasteiger partial charge in [-0.2, -0.15) is 0 Å². The van der Waals surface area contributed by atoms with Crippen molar-refractivity contribution in [1.82, 2.24) is 14.5 Å². The third-order valence-electron chi connectivity index (χ3n) is 6.30. The minimum absolute atomic E-state index is 0.00192. The Morgan fingerprint density at radius 3 is 2.82 bits per heavy atom. The van der Waals surface area contributed by atoms with Gasteiger partial charge in [-0.25, -0.2) is 4.79 Å². The molecule has 1 fully saturated rings. The van der Waals surface area contributed by atoms with Gasteiger partial charge in [-0.15, -0.1) is 11.3 Å². The molecule has 2 aliphatic rings. The molecule has 1 N–H and O–H groups in total. The zero-order valence-electron chi connectivity index (χ0n) is 16.3. The molecular weight excluding hydrogens is 394 g/mol. The number of ether oxygens (including phenoxy) is 1. The van der Waals surface area contributed by atoms with Crippen LogP contribution in [0.5, 0.6) is 0 Å². The molecule has 0 bridgehead atoms. The van der Waals surface area contributed by atoms with E-state index in [1.807, 2.05) is 14.1 Å². The van der Waals surface area contributed by atoms with Crippen molar-refractivity contribution in [2.75, 3.05) is 6.61 Å². The van der Waals surface area contributed by atoms with Crippen molar-refractivity contribution in [1.29, 1.82) is 0 Å². The second kappa shape index (κ2) is 6.46. The number of aryl methyl sites for hydroxylation is 2. The summed E-state index contributed by atoms with van der Waals surface area (Å²) in [6.07, 6.45) is 2.75. The third kappa shape index (κ3) is 2.70. The highest BCUT2D eigenvalue weighted by molar-refractivity contribution is 7.16. The van der Waals surface area contributed by atoms with Crippen LogP contribution in [0.15, 0.2) is 29.1 Å². The van der Waals surface area contributed by atoms with Crippen LogP contribution < -0.4 is 11.0 Å². The fourth-order valence-corrected chi connectivity index (χ4v) is 6.48. The van der Waals surface area contributed by atoms with E-state index in [4.69, 9.17) is 16.3 Å². The van der Waals surface area contributed by atoms with Crippen molar-refractivity contribution in [3.05, 3.63) is 55.1 Å². The van der Waals surface area contributed by atoms with Gasteiger partial charge >= 0.3 is 5.69 Å². The highest BCUT2D eigenvalue weighted by Crippen LogP contribution is 2.50. The van der Waals surface area contributed by atoms with Gasteiger partial charge in [0.1, 0.15) is 5.60 Å². The average Bonchev–Trinajstić information content (AvgIpc) is 3.16. The van der Waals surface area contributed by atoms with Crippen LogP contribution in [-0.2, 0) is 30.9 Å². The number of imidazole rings is 1. The molecule has 28 heavy (non-hydrogen) atoms. The number of nitrogens with one attached hydrogen (secondary N) is 1. The summed E-state index contributed by atoms with van der Waals surface area (Å²) in [7, 11) is 3.65. The fourth-order valence-electron chi connectivity index (χ4n) is 5.02. The van der Waals surface area contributed by atoms with E-state index in [-0.39, 0.29) is 17.3 Å². The second-order valence-corrected chi connectivity index (χ2v) is 9.86. The molecule has 0 aliphatic carbocycles. The zero-order chi connectivity index (χ0) is 19.6. The van der Waals surface area contributed by atoms with Crippen LogP contribution in [0.3, 0.4) is 0 Å². The van der Waals surface area contributed by atoms with E-state index in [0.29, 0.717) is 6.04 Å². The van der Waals surface area contributed by atoms with E-state index < -0.39 is 0 Å². The number of aromatic nitrogens is 2. The number of thiophene rings is 1. The number of rotatable bonds is 1. The van der Waals surface area contributed by atoms with Gasteiger partial charge in [0.2, 0.25) is 0 Å². The molecule has 2 aliphatic heterocycles. The maximum Gasteiger partial charge on any atom is 0.328 e. The van der Waals surface area contributed by atoms with Crippen molar-refractivity contribution in [3.8, 4) is 0 Å². The minimum atomic E-state index is -0.280. The Kier molecular flexibility index (Phi) is 4.25. The number of hydrogen-bond acceptors (Lipinski definition) is 4. The number of halogens is 1. The Morgan fingerprint density at radius 1 is 1.21 bits per heavy atom. The molecule has 3 aromatic rings. The number of fused-ring (bicyclic) bond motifs is 3. The van der Waals surface area contributed by atoms with Gasteiger partial charge in [-0.1, -0.05) is 17.7 Å². The summed E-state index contributed by atoms with van der Waals surface area (Å²) in [4.78, 5) is 13.6. The lowest BCUT2D eigenvalue weighted by Gasteiger charge is -2.46. The summed E-state index contributed by atoms with van der Waals surface area (Å²) in [6.45, 7) is 2.96. The van der Waals surface area contributed by atoms with Gasteiger partial charge in [-0.3, -0.25) is 9.13 Å². The van der Waals surface area contributed by atoms with Crippen LogP contribution >= 0.6 is 22.9 Å². The van der Waals surface area contributed by atoms with Crippen LogP contribution in [-0.4, -0.2) is 21.8 Å². The van der Waals surface area contributed by atoms with Gasteiger partial charge in [0, 0.05) is 37.5 Å². The number of nitrogens with zero attached hydrogens (tertiary/aromatic N) is 2. The first-order chi connectivity index (χ1) is 13.4. The summed E-state index contributed by atoms with van der Waals surface area (Å²) < 4.78 is 10.7. The van der Waals surface area contributed by atoms with Crippen molar-refractivity contribution < 1.29 is 4.74 Å². The molecule has 1 aromatic carbocycles. The first kappa shape index (κ1) is 18.4. The smallest absolute Gasteiger partial charge is 0.328 e. The topological polar surface area (TPSA) is 48.2 Å². The predicted octanol–water partition coefficient (Wildman–Crippen LogP) is 3.87. The standard InChI is InChI=1S/C21H24ClN3O2S/c1-12-10-21(19-14(6-7-27-21)9-18(22)28-19)11-15(23-12)13-4-5-16-17(8-13)25(3)20(26)24(16)2/h4-5,8-9,12,15,23H,6-7,10-11H2,1-3H3/t12-,15-,21-/m0/s1. The molecule has 0 amide bonds. The van der Waals surface area contributed by atoms with Crippen molar-refractivity contribution >= 4 is 34.0 Å². The highest BCUT2D eigenvalue weighted by Gasteiger charge is 2.46. The summed E-state index contributed by atoms with van der Waals surface area (Å²) >= 11 is 8.02. The lowest BCUT2D eigenvalue weighted by Crippen LogP contribution is -2.49. The van der Waals surface area contributed by atoms with Crippen LogP contribution in [0.4, 0.5) is 0 Å². The van der Waals surface area contributed by atoms with Crippen molar-refractivity contribution in [2.45, 2.75) is 43.9 Å². The highest BCUT2D eigenvalue weighted by atomic mass is 35.5. The van der Waals surface area contributed by atoms with Gasteiger partial charge in [0.15, 0.2) is 0 Å². The summed E-state index contributed by atoms with van der Waals surface area (Å²) in [6, 6.07) is 8.92. The maximum atomic E-state index is 12.3. The quantitative estimate of drug-likeness (QED) is 0.653. The van der Waals surface area contributed by atoms with Gasteiger partial charge in [-0.05, 0) is 49.1 Å². The van der Waals surface area contributed by atoms with Gasteiger partial charge in [0.05, 0.1) is 22.0 Å². The Bertz CT molecular complexity index is 1130. The molecule has 5 rings (SSSR count). The first-order valence-electron chi connectivity index (χ1n) is 9.72. The Balaban J connectivity index is 1.58. The monoisotopic (exact) mass is 417 g/mol. The lowest BCUT2D eigenvalue weighted by atomic mass is 9.78. The molecule has 2 aromatic heterocycles. The van der Waals surface area contributed by atoms with Gasteiger partial charge < -0.3 is 10.1 Å². The van der Waals surface area contributed by atoms with Crippen molar-refractivity contribution in [3.63, 3.8) is 0 Å². The molecule has 7 heteroatoms. The third-order valence-corrected chi connectivity index (χ3v) is 7.79. The molecule has 0 saturated carbocycles. The first-order valence-corrected chi connectivity index (χ1v) is 10.9. The van der Waals surface area contributed by atoms with E-state index >= 15 is 0 Å². The zero-order valence-corrected chi connectivity index (χ0v) is 17.9. The number of benzene rings is 1. The van der Waals surface area contributed by atoms with Crippen LogP contribution in [0, 0.1) is 0 Å². The summed E-state index contributed by atoms with van der Waals surface area (Å²) in [5, 5.41) is 3.74. The molecule has 4 heterocycles. The Hall–Kier alpha value is -1.60. The molecule has 148 valence electrons. The summed E-state index contributed by atoms with van der Waals surface area (Å²) in [5.41, 5.74) is 4.17. The van der Waals surface area contributed by atoms with Crippen LogP contribution in [0.1, 0.15) is 41.8 Å². The molecule has 5 nitrogen and oxygen atoms in total. The SMILES string of the molecule is C[C@H]1C[C@@]2(C[C@@H](c3ccc4c(c3)n(C)c(=O)n4C)N1)OCCc1cc(Cl)sc12. The van der Waals surface area contributed by atoms with Crippen LogP contribution in [0.2, 0.25) is 4.34 Å². The van der Waals surface area contributed by atoms with E-state index in [0.717, 1.165) is 41.2 Å². The molecule has 1 saturated heterocycles. The van der Waals surface area contributed by atoms with E-state index in [1.165, 1.54) is 16.0 Å². The second-order valence-electron chi connectivity index (χ2n) is 8.17. The molecule has 1 spiro atoms. The normalized spacial score (nSPS) is 27.4. The Labute approximate surface area is 172 Å². The average molecular weight is 418 g/mol.